The summed E-state index contributed by atoms with van der Waals surface area (Å²) in [5, 5.41) is 3.16. The fourth-order valence-corrected chi connectivity index (χ4v) is 5.24. The average molecular weight is 319 g/mol. The largest absolute Gasteiger partial charge is 0.379 e. The molecule has 2 saturated carbocycles. The van der Waals surface area contributed by atoms with E-state index in [0.717, 1.165) is 32.7 Å². The van der Waals surface area contributed by atoms with Gasteiger partial charge in [-0.1, -0.05) is 13.8 Å². The molecule has 0 aromatic carbocycles. The van der Waals surface area contributed by atoms with Crippen LogP contribution in [0.2, 0.25) is 0 Å². The van der Waals surface area contributed by atoms with Gasteiger partial charge in [-0.15, -0.1) is 0 Å². The summed E-state index contributed by atoms with van der Waals surface area (Å²) in [6.45, 7) is 7.72. The predicted octanol–water partition coefficient (Wildman–Crippen LogP) is 0.876. The van der Waals surface area contributed by atoms with Crippen molar-refractivity contribution in [2.45, 2.75) is 33.1 Å². The molecule has 1 heterocycles. The molecule has 2 aliphatic carbocycles. The number of hydrogen-bond acceptors (Lipinski definition) is 5. The van der Waals surface area contributed by atoms with Crippen molar-refractivity contribution < 1.29 is 22.5 Å². The first-order valence-corrected chi connectivity index (χ1v) is 9.07. The van der Waals surface area contributed by atoms with E-state index in [-0.39, 0.29) is 17.1 Å². The number of rotatable bonds is 2. The number of morpholine rings is 1. The van der Waals surface area contributed by atoms with Gasteiger partial charge in [0.15, 0.2) is 0 Å². The number of ether oxygens (including phenoxy) is 1. The van der Waals surface area contributed by atoms with E-state index >= 15 is 0 Å². The molecule has 122 valence electrons. The molecule has 2 bridgehead atoms. The molecule has 0 radical (unpaired) electrons. The van der Waals surface area contributed by atoms with E-state index in [9.17, 15) is 13.2 Å². The fraction of sp³-hybridized carbons (Fsp3) is 0.929. The molecule has 0 amide bonds. The normalized spacial score (nSPS) is 34.4. The number of Topliss-reactive ketones (excluding diaryl/α,β-unsaturated/α-hetero) is 1. The van der Waals surface area contributed by atoms with Crippen molar-refractivity contribution in [3.63, 3.8) is 0 Å². The van der Waals surface area contributed by atoms with Gasteiger partial charge in [-0.05, 0) is 24.2 Å². The van der Waals surface area contributed by atoms with Crippen LogP contribution in [0, 0.1) is 16.7 Å². The fourth-order valence-electron chi connectivity index (χ4n) is 3.94. The van der Waals surface area contributed by atoms with E-state index in [1.165, 1.54) is 0 Å². The summed E-state index contributed by atoms with van der Waals surface area (Å²) in [4.78, 5) is 11.9. The topological polar surface area (TPSA) is 92.7 Å². The highest BCUT2D eigenvalue weighted by Gasteiger charge is 2.65. The van der Waals surface area contributed by atoms with Gasteiger partial charge in [0.25, 0.3) is 10.1 Å². The van der Waals surface area contributed by atoms with Gasteiger partial charge in [-0.2, -0.15) is 8.42 Å². The van der Waals surface area contributed by atoms with Crippen molar-refractivity contribution in [1.82, 2.24) is 5.32 Å². The van der Waals surface area contributed by atoms with Gasteiger partial charge >= 0.3 is 0 Å². The lowest BCUT2D eigenvalue weighted by Gasteiger charge is -2.35. The summed E-state index contributed by atoms with van der Waals surface area (Å²) in [5.74, 6) is -0.101. The van der Waals surface area contributed by atoms with Gasteiger partial charge in [-0.3, -0.25) is 9.35 Å². The lowest BCUT2D eigenvalue weighted by molar-refractivity contribution is -0.128. The Bertz CT molecular complexity index is 486. The second-order valence-electron chi connectivity index (χ2n) is 6.76. The third-order valence-electron chi connectivity index (χ3n) is 5.41. The number of fused-ring (bicyclic) bond motifs is 2. The van der Waals surface area contributed by atoms with Crippen molar-refractivity contribution in [3.8, 4) is 0 Å². The molecule has 7 heteroatoms. The predicted molar refractivity (Wildman–Crippen MR) is 78.7 cm³/mol. The van der Waals surface area contributed by atoms with Crippen LogP contribution in [0.25, 0.3) is 0 Å². The van der Waals surface area contributed by atoms with Crippen molar-refractivity contribution in [2.75, 3.05) is 32.1 Å². The minimum absolute atomic E-state index is 0.0152. The van der Waals surface area contributed by atoms with Crippen molar-refractivity contribution in [1.29, 1.82) is 0 Å². The Labute approximate surface area is 126 Å². The SMILES string of the molecule is C1COCCN1.CC1(C)C2CCC1(CS(=O)(=O)O)C(=O)C2. The number of carbonyl (C=O) groups is 1. The third-order valence-corrected chi connectivity index (χ3v) is 6.27. The molecule has 0 spiro atoms. The van der Waals surface area contributed by atoms with Gasteiger partial charge in [0.2, 0.25) is 0 Å². The Balaban J connectivity index is 0.000000225. The maximum atomic E-state index is 11.9. The van der Waals surface area contributed by atoms with Crippen LogP contribution < -0.4 is 5.32 Å². The molecule has 1 aliphatic heterocycles. The van der Waals surface area contributed by atoms with Gasteiger partial charge < -0.3 is 10.1 Å². The quantitative estimate of drug-likeness (QED) is 0.734. The highest BCUT2D eigenvalue weighted by molar-refractivity contribution is 7.85. The van der Waals surface area contributed by atoms with Crippen LogP contribution in [0.4, 0.5) is 0 Å². The molecule has 0 aromatic heterocycles. The average Bonchev–Trinajstić information content (AvgIpc) is 2.73. The van der Waals surface area contributed by atoms with Gasteiger partial charge in [0.05, 0.1) is 24.4 Å². The smallest absolute Gasteiger partial charge is 0.265 e. The van der Waals surface area contributed by atoms with Crippen LogP contribution >= 0.6 is 0 Å². The molecule has 1 saturated heterocycles. The minimum atomic E-state index is -4.08. The second kappa shape index (κ2) is 5.95. The lowest BCUT2D eigenvalue weighted by Crippen LogP contribution is -2.42. The zero-order valence-corrected chi connectivity index (χ0v) is 13.5. The minimum Gasteiger partial charge on any atom is -0.379 e. The molecule has 2 N–H and O–H groups in total. The highest BCUT2D eigenvalue weighted by atomic mass is 32.2. The van der Waals surface area contributed by atoms with Gasteiger partial charge in [-0.25, -0.2) is 0 Å². The summed E-state index contributed by atoms with van der Waals surface area (Å²) in [7, 11) is -4.08. The van der Waals surface area contributed by atoms with Crippen LogP contribution in [-0.4, -0.2) is 50.8 Å². The van der Waals surface area contributed by atoms with Crippen LogP contribution in [0.5, 0.6) is 0 Å². The monoisotopic (exact) mass is 319 g/mol. The first-order chi connectivity index (χ1) is 9.69. The first kappa shape index (κ1) is 16.9. The van der Waals surface area contributed by atoms with Crippen LogP contribution in [0.3, 0.4) is 0 Å². The van der Waals surface area contributed by atoms with Crippen molar-refractivity contribution >= 4 is 15.9 Å². The summed E-state index contributed by atoms with van der Waals surface area (Å²) in [6, 6.07) is 0. The Morgan fingerprint density at radius 3 is 2.24 bits per heavy atom. The summed E-state index contributed by atoms with van der Waals surface area (Å²) >= 11 is 0. The molecular weight excluding hydrogens is 294 g/mol. The number of carbonyl (C=O) groups excluding carboxylic acids is 1. The van der Waals surface area contributed by atoms with Crippen LogP contribution in [0.1, 0.15) is 33.1 Å². The molecule has 21 heavy (non-hydrogen) atoms. The summed E-state index contributed by atoms with van der Waals surface area (Å²) < 4.78 is 36.0. The molecule has 6 nitrogen and oxygen atoms in total. The third kappa shape index (κ3) is 3.31. The number of hydrogen-bond donors (Lipinski definition) is 2. The molecule has 2 atom stereocenters. The van der Waals surface area contributed by atoms with E-state index in [1.54, 1.807) is 0 Å². The summed E-state index contributed by atoms with van der Waals surface area (Å²) in [6.07, 6.45) is 1.97. The Morgan fingerprint density at radius 1 is 1.33 bits per heavy atom. The molecule has 3 rings (SSSR count). The van der Waals surface area contributed by atoms with E-state index in [2.05, 4.69) is 5.32 Å². The highest BCUT2D eigenvalue weighted by Crippen LogP contribution is 2.64. The molecular formula is C14H25NO5S. The molecule has 3 aliphatic rings. The van der Waals surface area contributed by atoms with Gasteiger partial charge in [0.1, 0.15) is 5.78 Å². The number of nitrogens with one attached hydrogen (secondary N) is 1. The number of ketones is 1. The van der Waals surface area contributed by atoms with Crippen molar-refractivity contribution in [2.24, 2.45) is 16.7 Å². The maximum absolute atomic E-state index is 11.9. The Hall–Kier alpha value is -0.500. The van der Waals surface area contributed by atoms with E-state index in [4.69, 9.17) is 9.29 Å². The molecule has 0 aromatic rings. The Kier molecular flexibility index (Phi) is 4.78. The standard InChI is InChI=1S/C10H16O4S.C4H9NO/c1-9(2)7-3-4-10(9,8(11)5-7)6-15(12,13)14;1-3-6-4-2-5-1/h7H,3-6H2,1-2H3,(H,12,13,14);5H,1-4H2. The molecule has 2 unspecified atom stereocenters. The van der Waals surface area contributed by atoms with E-state index in [1.807, 2.05) is 13.8 Å². The van der Waals surface area contributed by atoms with Crippen molar-refractivity contribution in [3.05, 3.63) is 0 Å². The van der Waals surface area contributed by atoms with Crippen LogP contribution in [-0.2, 0) is 19.6 Å². The van der Waals surface area contributed by atoms with Crippen LogP contribution in [0.15, 0.2) is 0 Å². The molecule has 3 fully saturated rings. The maximum Gasteiger partial charge on any atom is 0.265 e. The van der Waals surface area contributed by atoms with E-state index < -0.39 is 21.3 Å². The zero-order chi connectivity index (χ0) is 15.7. The lowest BCUT2D eigenvalue weighted by atomic mass is 9.70. The Morgan fingerprint density at radius 2 is 1.95 bits per heavy atom. The second-order valence-corrected chi connectivity index (χ2v) is 8.21. The first-order valence-electron chi connectivity index (χ1n) is 7.46. The summed E-state index contributed by atoms with van der Waals surface area (Å²) in [5.41, 5.74) is -1.12. The van der Waals surface area contributed by atoms with E-state index in [0.29, 0.717) is 12.8 Å². The zero-order valence-electron chi connectivity index (χ0n) is 12.7. The van der Waals surface area contributed by atoms with Gasteiger partial charge in [0, 0.05) is 19.5 Å².